The Balaban J connectivity index is 2.22. The molecule has 1 heterocycles. The zero-order chi connectivity index (χ0) is 17.5. The Morgan fingerprint density at radius 1 is 1.08 bits per heavy atom. The third-order valence-corrected chi connectivity index (χ3v) is 7.85. The topological polar surface area (TPSA) is 0 Å². The molecule has 130 valence electrons. The summed E-state index contributed by atoms with van der Waals surface area (Å²) in [6.07, 6.45) is 7.44. The van der Waals surface area contributed by atoms with Crippen LogP contribution in [-0.2, 0) is 5.41 Å². The van der Waals surface area contributed by atoms with Gasteiger partial charge in [-0.2, -0.15) is 0 Å². The molecular weight excluding hydrogens is 308 g/mol. The van der Waals surface area contributed by atoms with Crippen LogP contribution < -0.4 is 0 Å². The SMILES string of the molecule is CCCC1=CC(C)c2sc3c(C(C)(CC)CC)cccc3c2C1C. The first-order valence-corrected chi connectivity index (χ1v) is 10.5. The summed E-state index contributed by atoms with van der Waals surface area (Å²) in [6, 6.07) is 7.05. The van der Waals surface area contributed by atoms with Crippen molar-refractivity contribution in [1.82, 2.24) is 0 Å². The van der Waals surface area contributed by atoms with Crippen molar-refractivity contribution in [3.05, 3.63) is 45.9 Å². The van der Waals surface area contributed by atoms with E-state index >= 15 is 0 Å². The van der Waals surface area contributed by atoms with E-state index in [0.717, 1.165) is 0 Å². The largest absolute Gasteiger partial charge is 0.139 e. The summed E-state index contributed by atoms with van der Waals surface area (Å²) in [5.74, 6) is 1.15. The smallest absolute Gasteiger partial charge is 0.0386 e. The predicted molar refractivity (Wildman–Crippen MR) is 110 cm³/mol. The molecule has 0 saturated heterocycles. The van der Waals surface area contributed by atoms with Crippen molar-refractivity contribution in [2.24, 2.45) is 0 Å². The third-order valence-electron chi connectivity index (χ3n) is 6.40. The zero-order valence-corrected chi connectivity index (χ0v) is 17.0. The van der Waals surface area contributed by atoms with E-state index in [4.69, 9.17) is 0 Å². The average molecular weight is 341 g/mol. The van der Waals surface area contributed by atoms with Crippen molar-refractivity contribution in [3.63, 3.8) is 0 Å². The molecule has 1 aromatic heterocycles. The first-order chi connectivity index (χ1) is 11.5. The molecule has 2 aromatic rings. The van der Waals surface area contributed by atoms with E-state index in [1.54, 1.807) is 26.3 Å². The lowest BCUT2D eigenvalue weighted by molar-refractivity contribution is 0.443. The van der Waals surface area contributed by atoms with Gasteiger partial charge in [-0.25, -0.2) is 0 Å². The molecule has 2 atom stereocenters. The van der Waals surface area contributed by atoms with Crippen LogP contribution in [0.4, 0.5) is 0 Å². The van der Waals surface area contributed by atoms with E-state index in [9.17, 15) is 0 Å². The molecule has 0 nitrogen and oxygen atoms in total. The summed E-state index contributed by atoms with van der Waals surface area (Å²) >= 11 is 2.07. The van der Waals surface area contributed by atoms with Crippen molar-refractivity contribution in [2.75, 3.05) is 0 Å². The van der Waals surface area contributed by atoms with Gasteiger partial charge in [0.25, 0.3) is 0 Å². The van der Waals surface area contributed by atoms with Crippen molar-refractivity contribution in [3.8, 4) is 0 Å². The molecule has 24 heavy (non-hydrogen) atoms. The quantitative estimate of drug-likeness (QED) is 0.485. The first kappa shape index (κ1) is 17.7. The second-order valence-corrected chi connectivity index (χ2v) is 8.88. The maximum Gasteiger partial charge on any atom is 0.0386 e. The number of benzene rings is 1. The number of rotatable bonds is 5. The first-order valence-electron chi connectivity index (χ1n) is 9.73. The van der Waals surface area contributed by atoms with Crippen molar-refractivity contribution >= 4 is 21.4 Å². The molecule has 0 aliphatic heterocycles. The van der Waals surface area contributed by atoms with Gasteiger partial charge in [0.05, 0.1) is 0 Å². The molecule has 0 amide bonds. The second kappa shape index (κ2) is 6.67. The Bertz CT molecular complexity index is 758. The standard InChI is InChI=1S/C23H32S/c1-7-11-17-14-15(4)21-20(16(17)5)18-12-10-13-19(22(18)24-21)23(6,8-2)9-3/h10,12-16H,7-9,11H2,1-6H3. The highest BCUT2D eigenvalue weighted by molar-refractivity contribution is 7.19. The van der Waals surface area contributed by atoms with Crippen molar-refractivity contribution in [1.29, 1.82) is 0 Å². The normalized spacial score (nSPS) is 21.0. The lowest BCUT2D eigenvalue weighted by Crippen LogP contribution is -2.19. The van der Waals surface area contributed by atoms with Gasteiger partial charge in [-0.1, -0.05) is 77.8 Å². The minimum Gasteiger partial charge on any atom is -0.139 e. The summed E-state index contributed by atoms with van der Waals surface area (Å²) in [5.41, 5.74) is 5.14. The highest BCUT2D eigenvalue weighted by Crippen LogP contribution is 2.50. The van der Waals surface area contributed by atoms with Crippen LogP contribution in [0.15, 0.2) is 29.8 Å². The van der Waals surface area contributed by atoms with Gasteiger partial charge in [-0.3, -0.25) is 0 Å². The number of allylic oxidation sites excluding steroid dienone is 2. The zero-order valence-electron chi connectivity index (χ0n) is 16.2. The van der Waals surface area contributed by atoms with Gasteiger partial charge in [-0.15, -0.1) is 11.3 Å². The minimum absolute atomic E-state index is 0.291. The Morgan fingerprint density at radius 2 is 1.79 bits per heavy atom. The van der Waals surface area contributed by atoms with Crippen LogP contribution in [0, 0.1) is 0 Å². The second-order valence-electron chi connectivity index (χ2n) is 7.83. The third kappa shape index (κ3) is 2.65. The summed E-state index contributed by atoms with van der Waals surface area (Å²) in [4.78, 5) is 1.61. The average Bonchev–Trinajstić information content (AvgIpc) is 2.99. The molecule has 0 saturated carbocycles. The molecule has 1 heteroatoms. The highest BCUT2D eigenvalue weighted by Gasteiger charge is 2.31. The van der Waals surface area contributed by atoms with Crippen LogP contribution >= 0.6 is 11.3 Å². The van der Waals surface area contributed by atoms with Crippen LogP contribution in [0.5, 0.6) is 0 Å². The van der Waals surface area contributed by atoms with Crippen molar-refractivity contribution in [2.45, 2.75) is 84.5 Å². The maximum absolute atomic E-state index is 2.55. The number of hydrogen-bond donors (Lipinski definition) is 0. The number of fused-ring (bicyclic) bond motifs is 3. The lowest BCUT2D eigenvalue weighted by atomic mass is 9.76. The molecule has 1 aliphatic carbocycles. The minimum atomic E-state index is 0.291. The summed E-state index contributed by atoms with van der Waals surface area (Å²) in [5, 5.41) is 1.53. The summed E-state index contributed by atoms with van der Waals surface area (Å²) < 4.78 is 1.55. The van der Waals surface area contributed by atoms with E-state index in [2.05, 4.69) is 77.2 Å². The van der Waals surface area contributed by atoms with Crippen molar-refractivity contribution < 1.29 is 0 Å². The molecule has 2 unspecified atom stereocenters. The van der Waals surface area contributed by atoms with Gasteiger partial charge in [0.2, 0.25) is 0 Å². The van der Waals surface area contributed by atoms with Gasteiger partial charge in [0, 0.05) is 21.4 Å². The van der Waals surface area contributed by atoms with Gasteiger partial charge >= 0.3 is 0 Å². The fourth-order valence-corrected chi connectivity index (χ4v) is 5.95. The Hall–Kier alpha value is -1.08. The van der Waals surface area contributed by atoms with E-state index in [1.165, 1.54) is 31.1 Å². The van der Waals surface area contributed by atoms with Gasteiger partial charge in [0.15, 0.2) is 0 Å². The van der Waals surface area contributed by atoms with E-state index in [1.807, 2.05) is 0 Å². The molecular formula is C23H32S. The van der Waals surface area contributed by atoms with Crippen LogP contribution in [0.25, 0.3) is 10.1 Å². The van der Waals surface area contributed by atoms with Crippen LogP contribution in [0.2, 0.25) is 0 Å². The monoisotopic (exact) mass is 340 g/mol. The molecule has 0 N–H and O–H groups in total. The number of hydrogen-bond acceptors (Lipinski definition) is 1. The molecule has 0 radical (unpaired) electrons. The molecule has 3 rings (SSSR count). The Morgan fingerprint density at radius 3 is 2.42 bits per heavy atom. The van der Waals surface area contributed by atoms with E-state index < -0.39 is 0 Å². The van der Waals surface area contributed by atoms with Crippen LogP contribution in [0.3, 0.4) is 0 Å². The summed E-state index contributed by atoms with van der Waals surface area (Å²) in [6.45, 7) is 14.2. The van der Waals surface area contributed by atoms with E-state index in [0.29, 0.717) is 17.3 Å². The fraction of sp³-hybridized carbons (Fsp3) is 0.565. The predicted octanol–water partition coefficient (Wildman–Crippen LogP) is 7.93. The molecule has 1 aliphatic rings. The Labute approximate surface area is 152 Å². The highest BCUT2D eigenvalue weighted by atomic mass is 32.1. The van der Waals surface area contributed by atoms with Crippen LogP contribution in [-0.4, -0.2) is 0 Å². The molecule has 0 bridgehead atoms. The molecule has 1 aromatic carbocycles. The lowest BCUT2D eigenvalue weighted by Gasteiger charge is -2.28. The molecule has 0 fully saturated rings. The van der Waals surface area contributed by atoms with Crippen LogP contribution in [0.1, 0.15) is 95.1 Å². The van der Waals surface area contributed by atoms with E-state index in [-0.39, 0.29) is 0 Å². The van der Waals surface area contributed by atoms with Gasteiger partial charge < -0.3 is 0 Å². The van der Waals surface area contributed by atoms with Gasteiger partial charge in [-0.05, 0) is 41.2 Å². The fourth-order valence-electron chi connectivity index (χ4n) is 4.36. The Kier molecular flexibility index (Phi) is 4.93. The van der Waals surface area contributed by atoms with Gasteiger partial charge in [0.1, 0.15) is 0 Å². The molecule has 0 spiro atoms. The maximum atomic E-state index is 2.55. The summed E-state index contributed by atoms with van der Waals surface area (Å²) in [7, 11) is 0. The number of thiophene rings is 1.